The summed E-state index contributed by atoms with van der Waals surface area (Å²) in [6, 6.07) is 3.19. The van der Waals surface area contributed by atoms with Gasteiger partial charge in [-0.05, 0) is 30.9 Å². The molecule has 5 N–H and O–H groups in total. The van der Waals surface area contributed by atoms with Crippen molar-refractivity contribution in [1.82, 2.24) is 10.3 Å². The second-order valence-corrected chi connectivity index (χ2v) is 5.34. The number of primary amides is 1. The van der Waals surface area contributed by atoms with E-state index in [9.17, 15) is 9.59 Å². The number of piperidine rings is 1. The first-order valence-corrected chi connectivity index (χ1v) is 7.03. The van der Waals surface area contributed by atoms with Crippen LogP contribution in [0.15, 0.2) is 12.1 Å². The predicted octanol–water partition coefficient (Wildman–Crippen LogP) is 0.115. The van der Waals surface area contributed by atoms with Crippen LogP contribution in [0, 0.1) is 5.92 Å². The number of nitrogens with zero attached hydrogens (tertiary/aromatic N) is 2. The zero-order valence-electron chi connectivity index (χ0n) is 12.1. The Kier molecular flexibility index (Phi) is 4.62. The van der Waals surface area contributed by atoms with Crippen LogP contribution in [-0.4, -0.2) is 36.4 Å². The van der Waals surface area contributed by atoms with Gasteiger partial charge in [0.1, 0.15) is 5.69 Å². The maximum Gasteiger partial charge on any atom is 0.267 e. The Labute approximate surface area is 123 Å². The highest BCUT2D eigenvalue weighted by Crippen LogP contribution is 2.26. The maximum absolute atomic E-state index is 11.2. The molecule has 0 spiro atoms. The van der Waals surface area contributed by atoms with Gasteiger partial charge in [-0.1, -0.05) is 0 Å². The quantitative estimate of drug-likeness (QED) is 0.728. The topological polar surface area (TPSA) is 114 Å². The lowest BCUT2D eigenvalue weighted by atomic mass is 9.96. The second kappa shape index (κ2) is 6.43. The molecule has 7 heteroatoms. The first-order chi connectivity index (χ1) is 9.97. The average Bonchev–Trinajstić information content (AvgIpc) is 2.46. The maximum atomic E-state index is 11.2. The summed E-state index contributed by atoms with van der Waals surface area (Å²) in [5.74, 6) is 0.518. The Bertz CT molecular complexity index is 538. The van der Waals surface area contributed by atoms with Crippen molar-refractivity contribution in [1.29, 1.82) is 0 Å². The van der Waals surface area contributed by atoms with Crippen molar-refractivity contribution in [2.45, 2.75) is 19.8 Å². The van der Waals surface area contributed by atoms with Crippen LogP contribution in [-0.2, 0) is 4.79 Å². The standard InChI is InChI=1S/C14H21N5O2/c1-9(20)17-8-10-4-6-19(7-5-10)14-11(15)2-3-12(18-14)13(16)21/h2-3,10H,4-8,15H2,1H3,(H2,16,21)(H,17,20). The molecule has 21 heavy (non-hydrogen) atoms. The van der Waals surface area contributed by atoms with E-state index in [2.05, 4.69) is 15.2 Å². The molecule has 1 aliphatic heterocycles. The van der Waals surface area contributed by atoms with Crippen LogP contribution >= 0.6 is 0 Å². The van der Waals surface area contributed by atoms with Crippen LogP contribution in [0.1, 0.15) is 30.3 Å². The number of pyridine rings is 1. The highest BCUT2D eigenvalue weighted by atomic mass is 16.1. The lowest BCUT2D eigenvalue weighted by Gasteiger charge is -2.33. The number of aromatic nitrogens is 1. The second-order valence-electron chi connectivity index (χ2n) is 5.34. The summed E-state index contributed by atoms with van der Waals surface area (Å²) in [5.41, 5.74) is 12.0. The molecular formula is C14H21N5O2. The minimum absolute atomic E-state index is 0.00231. The van der Waals surface area contributed by atoms with Crippen LogP contribution in [0.5, 0.6) is 0 Å². The number of nitrogens with two attached hydrogens (primary N) is 2. The van der Waals surface area contributed by atoms with Crippen LogP contribution in [0.4, 0.5) is 11.5 Å². The smallest absolute Gasteiger partial charge is 0.267 e. The van der Waals surface area contributed by atoms with Gasteiger partial charge in [0.25, 0.3) is 5.91 Å². The van der Waals surface area contributed by atoms with E-state index < -0.39 is 5.91 Å². The minimum atomic E-state index is -0.559. The van der Waals surface area contributed by atoms with Gasteiger partial charge < -0.3 is 21.7 Å². The summed E-state index contributed by atoms with van der Waals surface area (Å²) < 4.78 is 0. The Hall–Kier alpha value is -2.31. The summed E-state index contributed by atoms with van der Waals surface area (Å²) >= 11 is 0. The van der Waals surface area contributed by atoms with E-state index in [0.29, 0.717) is 24.0 Å². The van der Waals surface area contributed by atoms with Gasteiger partial charge in [0, 0.05) is 26.6 Å². The molecule has 2 rings (SSSR count). The zero-order chi connectivity index (χ0) is 15.4. The van der Waals surface area contributed by atoms with E-state index in [-0.39, 0.29) is 11.6 Å². The van der Waals surface area contributed by atoms with Crippen LogP contribution in [0.25, 0.3) is 0 Å². The molecule has 2 heterocycles. The third kappa shape index (κ3) is 3.84. The van der Waals surface area contributed by atoms with Crippen molar-refractivity contribution in [3.8, 4) is 0 Å². The first kappa shape index (κ1) is 15.1. The molecule has 0 radical (unpaired) electrons. The number of rotatable bonds is 4. The van der Waals surface area contributed by atoms with Crippen molar-refractivity contribution >= 4 is 23.3 Å². The normalized spacial score (nSPS) is 15.8. The molecule has 1 aliphatic rings. The van der Waals surface area contributed by atoms with Gasteiger partial charge in [0.15, 0.2) is 5.82 Å². The molecule has 114 valence electrons. The monoisotopic (exact) mass is 291 g/mol. The van der Waals surface area contributed by atoms with Gasteiger partial charge in [-0.25, -0.2) is 4.98 Å². The summed E-state index contributed by atoms with van der Waals surface area (Å²) in [5, 5.41) is 2.85. The summed E-state index contributed by atoms with van der Waals surface area (Å²) in [7, 11) is 0. The predicted molar refractivity (Wildman–Crippen MR) is 80.8 cm³/mol. The molecule has 0 atom stereocenters. The molecule has 1 aromatic heterocycles. The fraction of sp³-hybridized carbons (Fsp3) is 0.500. The summed E-state index contributed by atoms with van der Waals surface area (Å²) in [6.45, 7) is 3.82. The lowest BCUT2D eigenvalue weighted by molar-refractivity contribution is -0.119. The molecule has 1 saturated heterocycles. The fourth-order valence-electron chi connectivity index (χ4n) is 2.49. The van der Waals surface area contributed by atoms with E-state index in [1.165, 1.54) is 13.0 Å². The third-order valence-corrected chi connectivity index (χ3v) is 3.71. The molecule has 1 fully saturated rings. The van der Waals surface area contributed by atoms with E-state index in [0.717, 1.165) is 25.9 Å². The van der Waals surface area contributed by atoms with Crippen LogP contribution < -0.4 is 21.7 Å². The number of nitrogens with one attached hydrogen (secondary N) is 1. The number of anilines is 2. The number of nitrogen functional groups attached to an aromatic ring is 1. The SMILES string of the molecule is CC(=O)NCC1CCN(c2nc(C(N)=O)ccc2N)CC1. The lowest BCUT2D eigenvalue weighted by Crippen LogP contribution is -2.39. The Morgan fingerprint density at radius 3 is 2.62 bits per heavy atom. The molecule has 0 saturated carbocycles. The zero-order valence-corrected chi connectivity index (χ0v) is 12.1. The molecule has 0 aromatic carbocycles. The van der Waals surface area contributed by atoms with Gasteiger partial charge in [0.2, 0.25) is 5.91 Å². The van der Waals surface area contributed by atoms with Crippen LogP contribution in [0.2, 0.25) is 0 Å². The van der Waals surface area contributed by atoms with E-state index in [1.807, 2.05) is 0 Å². The van der Waals surface area contributed by atoms with Crippen molar-refractivity contribution in [2.24, 2.45) is 11.7 Å². The molecule has 0 unspecified atom stereocenters. The Balaban J connectivity index is 2.00. The van der Waals surface area contributed by atoms with Crippen molar-refractivity contribution in [3.63, 3.8) is 0 Å². The van der Waals surface area contributed by atoms with E-state index in [1.54, 1.807) is 6.07 Å². The molecule has 0 aliphatic carbocycles. The largest absolute Gasteiger partial charge is 0.396 e. The van der Waals surface area contributed by atoms with Gasteiger partial charge in [-0.3, -0.25) is 9.59 Å². The Morgan fingerprint density at radius 2 is 2.05 bits per heavy atom. The number of carbonyl (C=O) groups is 2. The van der Waals surface area contributed by atoms with Gasteiger partial charge in [0.05, 0.1) is 5.69 Å². The van der Waals surface area contributed by atoms with Gasteiger partial charge in [-0.2, -0.15) is 0 Å². The summed E-state index contributed by atoms with van der Waals surface area (Å²) in [4.78, 5) is 28.4. The van der Waals surface area contributed by atoms with Gasteiger partial charge >= 0.3 is 0 Å². The van der Waals surface area contributed by atoms with Gasteiger partial charge in [-0.15, -0.1) is 0 Å². The van der Waals surface area contributed by atoms with E-state index >= 15 is 0 Å². The first-order valence-electron chi connectivity index (χ1n) is 7.03. The average molecular weight is 291 g/mol. The molecular weight excluding hydrogens is 270 g/mol. The fourth-order valence-corrected chi connectivity index (χ4v) is 2.49. The molecule has 1 aromatic rings. The van der Waals surface area contributed by atoms with Crippen molar-refractivity contribution < 1.29 is 9.59 Å². The number of hydrogen-bond donors (Lipinski definition) is 3. The molecule has 2 amide bonds. The molecule has 7 nitrogen and oxygen atoms in total. The van der Waals surface area contributed by atoms with Crippen LogP contribution in [0.3, 0.4) is 0 Å². The summed E-state index contributed by atoms with van der Waals surface area (Å²) in [6.07, 6.45) is 1.89. The molecule has 0 bridgehead atoms. The number of amides is 2. The highest BCUT2D eigenvalue weighted by Gasteiger charge is 2.22. The Morgan fingerprint density at radius 1 is 1.38 bits per heavy atom. The highest BCUT2D eigenvalue weighted by molar-refractivity contribution is 5.91. The van der Waals surface area contributed by atoms with Crippen molar-refractivity contribution in [2.75, 3.05) is 30.3 Å². The number of hydrogen-bond acceptors (Lipinski definition) is 5. The minimum Gasteiger partial charge on any atom is -0.396 e. The van der Waals surface area contributed by atoms with E-state index in [4.69, 9.17) is 11.5 Å². The number of carbonyl (C=O) groups excluding carboxylic acids is 2. The third-order valence-electron chi connectivity index (χ3n) is 3.71. The van der Waals surface area contributed by atoms with Crippen molar-refractivity contribution in [3.05, 3.63) is 17.8 Å².